The Balaban J connectivity index is 1.58. The predicted molar refractivity (Wildman–Crippen MR) is 156 cm³/mol. The first kappa shape index (κ1) is 24.9. The van der Waals surface area contributed by atoms with Crippen molar-refractivity contribution in [3.63, 3.8) is 0 Å². The number of nitrogens with zero attached hydrogens (tertiary/aromatic N) is 2. The van der Waals surface area contributed by atoms with Crippen molar-refractivity contribution < 1.29 is 14.3 Å². The SMILES string of the molecule is CCOc1ccc(-c2c3c4n(c(-c5ccc(C)cc5)cn4c2C(=O)Nc2ccccc2OC)CCCC3)cc1. The third kappa shape index (κ3) is 4.46. The molecule has 0 atom stereocenters. The van der Waals surface area contributed by atoms with Crippen molar-refractivity contribution in [3.05, 3.63) is 95.8 Å². The molecule has 1 aliphatic rings. The van der Waals surface area contributed by atoms with Crippen LogP contribution in [0, 0.1) is 6.92 Å². The van der Waals surface area contributed by atoms with Crippen LogP contribution in [0.1, 0.15) is 41.4 Å². The molecular formula is C33H33N3O3. The summed E-state index contributed by atoms with van der Waals surface area (Å²) in [5.74, 6) is 1.28. The Morgan fingerprint density at radius 2 is 1.69 bits per heavy atom. The summed E-state index contributed by atoms with van der Waals surface area (Å²) in [6.45, 7) is 5.60. The fourth-order valence-corrected chi connectivity index (χ4v) is 5.69. The van der Waals surface area contributed by atoms with E-state index in [0.717, 1.165) is 59.6 Å². The Bertz CT molecular complexity index is 1640. The molecule has 0 aliphatic carbocycles. The number of carbonyl (C=O) groups is 1. The third-order valence-electron chi connectivity index (χ3n) is 7.51. The molecule has 6 rings (SSSR count). The molecule has 3 aromatic carbocycles. The van der Waals surface area contributed by atoms with Crippen molar-refractivity contribution >= 4 is 17.2 Å². The van der Waals surface area contributed by atoms with E-state index in [1.165, 1.54) is 11.1 Å². The highest BCUT2D eigenvalue weighted by Gasteiger charge is 2.30. The molecule has 0 saturated carbocycles. The molecule has 3 heterocycles. The first-order chi connectivity index (χ1) is 19.1. The number of ether oxygens (including phenoxy) is 2. The summed E-state index contributed by atoms with van der Waals surface area (Å²) in [6, 6.07) is 24.2. The van der Waals surface area contributed by atoms with Crippen molar-refractivity contribution in [2.75, 3.05) is 19.0 Å². The number of hydrogen-bond donors (Lipinski definition) is 1. The molecule has 0 radical (unpaired) electrons. The van der Waals surface area contributed by atoms with Crippen molar-refractivity contribution in [1.29, 1.82) is 0 Å². The second-order valence-electron chi connectivity index (χ2n) is 10.00. The Labute approximate surface area is 228 Å². The van der Waals surface area contributed by atoms with Gasteiger partial charge in [0.25, 0.3) is 5.91 Å². The highest BCUT2D eigenvalue weighted by molar-refractivity contribution is 6.10. The first-order valence-electron chi connectivity index (χ1n) is 13.6. The number of anilines is 1. The largest absolute Gasteiger partial charge is 0.495 e. The molecule has 39 heavy (non-hydrogen) atoms. The zero-order valence-electron chi connectivity index (χ0n) is 22.7. The molecule has 0 fully saturated rings. The van der Waals surface area contributed by atoms with E-state index < -0.39 is 0 Å². The summed E-state index contributed by atoms with van der Waals surface area (Å²) < 4.78 is 15.7. The van der Waals surface area contributed by atoms with Gasteiger partial charge in [-0.15, -0.1) is 0 Å². The molecule has 1 N–H and O–H groups in total. The Morgan fingerprint density at radius 1 is 0.949 bits per heavy atom. The number of amides is 1. The number of benzene rings is 3. The second kappa shape index (κ2) is 10.4. The van der Waals surface area contributed by atoms with Gasteiger partial charge in [0.15, 0.2) is 0 Å². The number of aryl methyl sites for hydroxylation is 3. The van der Waals surface area contributed by atoms with E-state index >= 15 is 0 Å². The molecule has 0 unspecified atom stereocenters. The van der Waals surface area contributed by atoms with Gasteiger partial charge in [-0.1, -0.05) is 54.1 Å². The molecular weight excluding hydrogens is 486 g/mol. The molecule has 1 aliphatic heterocycles. The number of methoxy groups -OCH3 is 1. The van der Waals surface area contributed by atoms with Gasteiger partial charge >= 0.3 is 0 Å². The fraction of sp³-hybridized carbons (Fsp3) is 0.242. The minimum atomic E-state index is -0.169. The Kier molecular flexibility index (Phi) is 6.61. The first-order valence-corrected chi connectivity index (χ1v) is 13.6. The van der Waals surface area contributed by atoms with E-state index in [4.69, 9.17) is 9.47 Å². The molecule has 5 aromatic rings. The van der Waals surface area contributed by atoms with Crippen LogP contribution in [-0.2, 0) is 13.0 Å². The molecule has 0 spiro atoms. The van der Waals surface area contributed by atoms with Crippen LogP contribution in [0.2, 0.25) is 0 Å². The highest BCUT2D eigenvalue weighted by Crippen LogP contribution is 2.40. The number of carbonyl (C=O) groups excluding carboxylic acids is 1. The lowest BCUT2D eigenvalue weighted by atomic mass is 9.97. The van der Waals surface area contributed by atoms with Crippen LogP contribution < -0.4 is 14.8 Å². The average Bonchev–Trinajstić information content (AvgIpc) is 3.37. The van der Waals surface area contributed by atoms with Crippen LogP contribution in [0.3, 0.4) is 0 Å². The molecule has 1 amide bonds. The van der Waals surface area contributed by atoms with Crippen molar-refractivity contribution in [2.45, 2.75) is 39.7 Å². The van der Waals surface area contributed by atoms with Gasteiger partial charge in [0.05, 0.1) is 25.1 Å². The Morgan fingerprint density at radius 3 is 2.44 bits per heavy atom. The van der Waals surface area contributed by atoms with Crippen LogP contribution in [-0.4, -0.2) is 28.6 Å². The lowest BCUT2D eigenvalue weighted by Crippen LogP contribution is -2.16. The van der Waals surface area contributed by atoms with Crippen molar-refractivity contribution in [2.24, 2.45) is 0 Å². The van der Waals surface area contributed by atoms with E-state index in [1.54, 1.807) is 7.11 Å². The Hall–Kier alpha value is -4.45. The average molecular weight is 520 g/mol. The van der Waals surface area contributed by atoms with E-state index in [0.29, 0.717) is 23.7 Å². The highest BCUT2D eigenvalue weighted by atomic mass is 16.5. The van der Waals surface area contributed by atoms with Gasteiger partial charge in [-0.05, 0) is 68.5 Å². The fourth-order valence-electron chi connectivity index (χ4n) is 5.69. The maximum atomic E-state index is 14.2. The number of para-hydroxylation sites is 2. The van der Waals surface area contributed by atoms with Gasteiger partial charge in [0, 0.05) is 23.9 Å². The third-order valence-corrected chi connectivity index (χ3v) is 7.51. The minimum Gasteiger partial charge on any atom is -0.495 e. The zero-order chi connectivity index (χ0) is 26.9. The molecule has 6 nitrogen and oxygen atoms in total. The topological polar surface area (TPSA) is 56.9 Å². The van der Waals surface area contributed by atoms with Gasteiger partial charge in [-0.25, -0.2) is 0 Å². The van der Waals surface area contributed by atoms with Gasteiger partial charge in [0.2, 0.25) is 0 Å². The van der Waals surface area contributed by atoms with Gasteiger partial charge < -0.3 is 19.4 Å². The number of rotatable bonds is 7. The monoisotopic (exact) mass is 519 g/mol. The quantitative estimate of drug-likeness (QED) is 0.244. The van der Waals surface area contributed by atoms with Crippen LogP contribution in [0.25, 0.3) is 28.0 Å². The number of imidazole rings is 1. The summed E-state index contributed by atoms with van der Waals surface area (Å²) >= 11 is 0. The van der Waals surface area contributed by atoms with Crippen LogP contribution in [0.5, 0.6) is 11.5 Å². The molecule has 0 saturated heterocycles. The smallest absolute Gasteiger partial charge is 0.273 e. The minimum absolute atomic E-state index is 0.169. The second-order valence-corrected chi connectivity index (χ2v) is 10.00. The van der Waals surface area contributed by atoms with Crippen LogP contribution in [0.15, 0.2) is 79.0 Å². The predicted octanol–water partition coefficient (Wildman–Crippen LogP) is 7.38. The van der Waals surface area contributed by atoms with Crippen molar-refractivity contribution in [3.8, 4) is 33.9 Å². The number of hydrogen-bond acceptors (Lipinski definition) is 3. The van der Waals surface area contributed by atoms with Gasteiger partial charge in [-0.3, -0.25) is 9.20 Å². The van der Waals surface area contributed by atoms with E-state index in [1.807, 2.05) is 43.3 Å². The molecule has 2 aromatic heterocycles. The molecule has 6 heteroatoms. The summed E-state index contributed by atoms with van der Waals surface area (Å²) in [6.07, 6.45) is 5.19. The van der Waals surface area contributed by atoms with E-state index in [9.17, 15) is 4.79 Å². The maximum absolute atomic E-state index is 14.2. The van der Waals surface area contributed by atoms with Crippen LogP contribution >= 0.6 is 0 Å². The van der Waals surface area contributed by atoms with E-state index in [-0.39, 0.29) is 5.91 Å². The van der Waals surface area contributed by atoms with Gasteiger partial charge in [-0.2, -0.15) is 0 Å². The zero-order valence-corrected chi connectivity index (χ0v) is 22.7. The van der Waals surface area contributed by atoms with E-state index in [2.05, 4.69) is 63.8 Å². The molecule has 198 valence electrons. The van der Waals surface area contributed by atoms with Gasteiger partial charge in [0.1, 0.15) is 22.8 Å². The summed E-state index contributed by atoms with van der Waals surface area (Å²) in [7, 11) is 1.61. The summed E-state index contributed by atoms with van der Waals surface area (Å²) in [5, 5.41) is 3.14. The summed E-state index contributed by atoms with van der Waals surface area (Å²) in [5.41, 5.74) is 9.06. The summed E-state index contributed by atoms with van der Waals surface area (Å²) in [4.78, 5) is 14.2. The maximum Gasteiger partial charge on any atom is 0.273 e. The van der Waals surface area contributed by atoms with Crippen molar-refractivity contribution in [1.82, 2.24) is 8.97 Å². The molecule has 0 bridgehead atoms. The lowest BCUT2D eigenvalue weighted by molar-refractivity contribution is 0.102. The van der Waals surface area contributed by atoms with Crippen LogP contribution in [0.4, 0.5) is 5.69 Å². The standard InChI is InChI=1S/C33H33N3O3/c1-4-39-25-18-16-24(17-19-25)30-26-9-7-8-20-35-28(23-14-12-22(2)13-15-23)21-36(33(26)35)31(30)32(37)34-27-10-5-6-11-29(27)38-3/h5-6,10-19,21H,4,7-9,20H2,1-3H3,(H,34,37). The number of nitrogens with one attached hydrogen (secondary N) is 1. The lowest BCUT2D eigenvalue weighted by Gasteiger charge is -2.12. The number of aromatic nitrogens is 2. The normalized spacial score (nSPS) is 12.8.